The lowest BCUT2D eigenvalue weighted by Crippen LogP contribution is -2.41. The number of anilines is 1. The molecular formula is C14H19N3O4. The van der Waals surface area contributed by atoms with Crippen molar-refractivity contribution in [3.05, 3.63) is 29.8 Å². The van der Waals surface area contributed by atoms with E-state index < -0.39 is 17.9 Å². The number of carbonyl (C=O) groups is 3. The van der Waals surface area contributed by atoms with Gasteiger partial charge in [-0.05, 0) is 30.7 Å². The summed E-state index contributed by atoms with van der Waals surface area (Å²) in [5.74, 6) is -1.92. The van der Waals surface area contributed by atoms with Crippen LogP contribution in [-0.4, -0.2) is 43.0 Å². The Bertz CT molecular complexity index is 513. The van der Waals surface area contributed by atoms with Gasteiger partial charge in [-0.15, -0.1) is 0 Å². The first kappa shape index (κ1) is 16.5. The van der Waals surface area contributed by atoms with Crippen molar-refractivity contribution >= 4 is 23.5 Å². The smallest absolute Gasteiger partial charge is 0.326 e. The predicted molar refractivity (Wildman–Crippen MR) is 78.2 cm³/mol. The molecule has 0 aliphatic carbocycles. The van der Waals surface area contributed by atoms with Gasteiger partial charge in [0.25, 0.3) is 5.91 Å². The standard InChI is InChI=1S/C14H19N3O4/c1-15-10-5-3-9(4-6-10)13(19)17-11(14(20)21)7-8-12(18)16-2/h3-6,11,15H,7-8H2,1-2H3,(H,16,18)(H,17,19)(H,20,21)/t11-/m0/s1. The van der Waals surface area contributed by atoms with Gasteiger partial charge in [0.2, 0.25) is 5.91 Å². The zero-order valence-corrected chi connectivity index (χ0v) is 12.0. The SMILES string of the molecule is CNC(=O)CC[C@H](NC(=O)c1ccc(NC)cc1)C(=O)O. The third-order valence-electron chi connectivity index (χ3n) is 2.98. The van der Waals surface area contributed by atoms with E-state index in [-0.39, 0.29) is 18.7 Å². The zero-order valence-electron chi connectivity index (χ0n) is 12.0. The van der Waals surface area contributed by atoms with Crippen LogP contribution < -0.4 is 16.0 Å². The minimum Gasteiger partial charge on any atom is -0.480 e. The fourth-order valence-corrected chi connectivity index (χ4v) is 1.69. The first-order valence-electron chi connectivity index (χ1n) is 6.50. The summed E-state index contributed by atoms with van der Waals surface area (Å²) in [6, 6.07) is 5.53. The number of benzene rings is 1. The van der Waals surface area contributed by atoms with Crippen LogP contribution in [0.5, 0.6) is 0 Å². The van der Waals surface area contributed by atoms with Gasteiger partial charge in [0, 0.05) is 31.8 Å². The molecule has 1 aromatic rings. The number of carboxylic acids is 1. The van der Waals surface area contributed by atoms with Crippen LogP contribution >= 0.6 is 0 Å². The van der Waals surface area contributed by atoms with Crippen LogP contribution in [0.3, 0.4) is 0 Å². The molecule has 2 amide bonds. The van der Waals surface area contributed by atoms with Crippen molar-refractivity contribution in [2.24, 2.45) is 0 Å². The summed E-state index contributed by atoms with van der Waals surface area (Å²) in [6.07, 6.45) is 0.0712. The second-order valence-corrected chi connectivity index (χ2v) is 4.40. The highest BCUT2D eigenvalue weighted by Gasteiger charge is 2.21. The van der Waals surface area contributed by atoms with Gasteiger partial charge in [-0.25, -0.2) is 4.79 Å². The third-order valence-corrected chi connectivity index (χ3v) is 2.98. The Balaban J connectivity index is 2.66. The van der Waals surface area contributed by atoms with Crippen LogP contribution in [0, 0.1) is 0 Å². The predicted octanol–water partition coefficient (Wildman–Crippen LogP) is 0.437. The maximum absolute atomic E-state index is 12.0. The van der Waals surface area contributed by atoms with Gasteiger partial charge in [-0.2, -0.15) is 0 Å². The monoisotopic (exact) mass is 293 g/mol. The molecule has 0 unspecified atom stereocenters. The Morgan fingerprint density at radius 2 is 1.76 bits per heavy atom. The van der Waals surface area contributed by atoms with Crippen molar-refractivity contribution in [3.8, 4) is 0 Å². The second-order valence-electron chi connectivity index (χ2n) is 4.40. The van der Waals surface area contributed by atoms with Crippen LogP contribution in [0.25, 0.3) is 0 Å². The van der Waals surface area contributed by atoms with E-state index in [0.29, 0.717) is 5.56 Å². The molecule has 0 radical (unpaired) electrons. The molecule has 0 saturated heterocycles. The minimum atomic E-state index is -1.17. The number of aliphatic carboxylic acids is 1. The summed E-state index contributed by atoms with van der Waals surface area (Å²) in [5.41, 5.74) is 1.21. The fraction of sp³-hybridized carbons (Fsp3) is 0.357. The molecule has 114 valence electrons. The molecule has 1 aromatic carbocycles. The van der Waals surface area contributed by atoms with Crippen LogP contribution in [-0.2, 0) is 9.59 Å². The molecule has 7 heteroatoms. The van der Waals surface area contributed by atoms with Gasteiger partial charge in [-0.3, -0.25) is 9.59 Å². The summed E-state index contributed by atoms with van der Waals surface area (Å²) in [4.78, 5) is 34.2. The van der Waals surface area contributed by atoms with Gasteiger partial charge < -0.3 is 21.1 Å². The van der Waals surface area contributed by atoms with Gasteiger partial charge >= 0.3 is 5.97 Å². The highest BCUT2D eigenvalue weighted by molar-refractivity contribution is 5.97. The van der Waals surface area contributed by atoms with E-state index in [9.17, 15) is 14.4 Å². The molecule has 0 spiro atoms. The maximum atomic E-state index is 12.0. The lowest BCUT2D eigenvalue weighted by Gasteiger charge is -2.14. The Hall–Kier alpha value is -2.57. The number of carboxylic acid groups (broad SMARTS) is 1. The molecule has 1 rings (SSSR count). The number of carbonyl (C=O) groups excluding carboxylic acids is 2. The highest BCUT2D eigenvalue weighted by Crippen LogP contribution is 2.09. The Kier molecular flexibility index (Phi) is 6.19. The van der Waals surface area contributed by atoms with Gasteiger partial charge in [0.05, 0.1) is 0 Å². The Morgan fingerprint density at radius 3 is 2.24 bits per heavy atom. The van der Waals surface area contributed by atoms with Crippen molar-refractivity contribution < 1.29 is 19.5 Å². The number of amides is 2. The molecule has 0 aromatic heterocycles. The molecule has 0 heterocycles. The molecule has 7 nitrogen and oxygen atoms in total. The van der Waals surface area contributed by atoms with E-state index in [1.807, 2.05) is 0 Å². The molecule has 0 saturated carbocycles. The van der Waals surface area contributed by atoms with Crippen molar-refractivity contribution in [3.63, 3.8) is 0 Å². The van der Waals surface area contributed by atoms with E-state index in [1.165, 1.54) is 7.05 Å². The Morgan fingerprint density at radius 1 is 1.14 bits per heavy atom. The average molecular weight is 293 g/mol. The summed E-state index contributed by atoms with van der Waals surface area (Å²) in [6.45, 7) is 0. The molecule has 4 N–H and O–H groups in total. The molecule has 21 heavy (non-hydrogen) atoms. The normalized spacial score (nSPS) is 11.3. The second kappa shape index (κ2) is 7.88. The lowest BCUT2D eigenvalue weighted by atomic mass is 10.1. The van der Waals surface area contributed by atoms with Crippen LogP contribution in [0.4, 0.5) is 5.69 Å². The first-order valence-corrected chi connectivity index (χ1v) is 6.50. The summed E-state index contributed by atoms with van der Waals surface area (Å²) in [7, 11) is 3.23. The van der Waals surface area contributed by atoms with Crippen molar-refractivity contribution in [1.82, 2.24) is 10.6 Å². The molecule has 1 atom stereocenters. The van der Waals surface area contributed by atoms with Crippen LogP contribution in [0.15, 0.2) is 24.3 Å². The summed E-state index contributed by atoms with van der Waals surface area (Å²) in [5, 5.41) is 16.8. The van der Waals surface area contributed by atoms with Gasteiger partial charge in [0.15, 0.2) is 0 Å². The molecular weight excluding hydrogens is 274 g/mol. The van der Waals surface area contributed by atoms with Crippen molar-refractivity contribution in [2.45, 2.75) is 18.9 Å². The first-order chi connectivity index (χ1) is 9.97. The summed E-state index contributed by atoms with van der Waals surface area (Å²) >= 11 is 0. The number of nitrogens with one attached hydrogen (secondary N) is 3. The largest absolute Gasteiger partial charge is 0.480 e. The Labute approximate surface area is 122 Å². The number of hydrogen-bond donors (Lipinski definition) is 4. The van der Waals surface area contributed by atoms with Crippen molar-refractivity contribution in [1.29, 1.82) is 0 Å². The van der Waals surface area contributed by atoms with E-state index in [1.54, 1.807) is 31.3 Å². The average Bonchev–Trinajstić information content (AvgIpc) is 2.50. The molecule has 0 bridgehead atoms. The third kappa shape index (κ3) is 5.13. The van der Waals surface area contributed by atoms with E-state index in [0.717, 1.165) is 5.69 Å². The topological polar surface area (TPSA) is 108 Å². The van der Waals surface area contributed by atoms with Gasteiger partial charge in [0.1, 0.15) is 6.04 Å². The molecule has 0 aliphatic rings. The molecule has 0 aliphatic heterocycles. The fourth-order valence-electron chi connectivity index (χ4n) is 1.69. The number of rotatable bonds is 7. The zero-order chi connectivity index (χ0) is 15.8. The van der Waals surface area contributed by atoms with E-state index in [4.69, 9.17) is 5.11 Å². The lowest BCUT2D eigenvalue weighted by molar-refractivity contribution is -0.139. The van der Waals surface area contributed by atoms with E-state index in [2.05, 4.69) is 16.0 Å². The number of hydrogen-bond acceptors (Lipinski definition) is 4. The maximum Gasteiger partial charge on any atom is 0.326 e. The quantitative estimate of drug-likeness (QED) is 0.583. The molecule has 0 fully saturated rings. The minimum absolute atomic E-state index is 0.0342. The van der Waals surface area contributed by atoms with Crippen molar-refractivity contribution in [2.75, 3.05) is 19.4 Å². The highest BCUT2D eigenvalue weighted by atomic mass is 16.4. The van der Waals surface area contributed by atoms with Gasteiger partial charge in [-0.1, -0.05) is 0 Å². The summed E-state index contributed by atoms with van der Waals surface area (Å²) < 4.78 is 0. The van der Waals surface area contributed by atoms with E-state index >= 15 is 0 Å². The van der Waals surface area contributed by atoms with Crippen LogP contribution in [0.1, 0.15) is 23.2 Å². The van der Waals surface area contributed by atoms with Crippen LogP contribution in [0.2, 0.25) is 0 Å².